The second-order valence-electron chi connectivity index (χ2n) is 5.71. The highest BCUT2D eigenvalue weighted by molar-refractivity contribution is 9.10. The highest BCUT2D eigenvalue weighted by Gasteiger charge is 2.25. The van der Waals surface area contributed by atoms with Gasteiger partial charge < -0.3 is 10.6 Å². The molecule has 1 fully saturated rings. The Hall–Kier alpha value is -1.39. The molecule has 2 aromatic rings. The second-order valence-corrected chi connectivity index (χ2v) is 6.56. The van der Waals surface area contributed by atoms with Gasteiger partial charge in [-0.1, -0.05) is 40.2 Å². The minimum Gasteiger partial charge on any atom is -0.325 e. The Balaban J connectivity index is 1.85. The van der Waals surface area contributed by atoms with Crippen LogP contribution in [0.2, 0.25) is 0 Å². The van der Waals surface area contributed by atoms with Gasteiger partial charge in [-0.2, -0.15) is 0 Å². The van der Waals surface area contributed by atoms with Crippen LogP contribution in [-0.2, 0) is 4.79 Å². The van der Waals surface area contributed by atoms with E-state index >= 15 is 0 Å². The van der Waals surface area contributed by atoms with Crippen LogP contribution in [0.15, 0.2) is 40.9 Å². The molecule has 0 bridgehead atoms. The van der Waals surface area contributed by atoms with E-state index in [2.05, 4.69) is 39.6 Å². The van der Waals surface area contributed by atoms with E-state index in [1.54, 1.807) is 0 Å². The first-order valence-electron chi connectivity index (χ1n) is 7.36. The number of carbonyl (C=O) groups is 1. The number of hydrogen-bond acceptors (Lipinski definition) is 2. The van der Waals surface area contributed by atoms with Crippen molar-refractivity contribution in [3.63, 3.8) is 0 Å². The number of carbonyl (C=O) groups excluding carboxylic acids is 1. The van der Waals surface area contributed by atoms with Crippen LogP contribution in [0.25, 0.3) is 10.8 Å². The summed E-state index contributed by atoms with van der Waals surface area (Å²) >= 11 is 3.56. The van der Waals surface area contributed by atoms with Gasteiger partial charge in [-0.05, 0) is 43.8 Å². The average Bonchev–Trinajstić information content (AvgIpc) is 2.50. The van der Waals surface area contributed by atoms with Gasteiger partial charge in [-0.25, -0.2) is 0 Å². The molecule has 0 aliphatic carbocycles. The van der Waals surface area contributed by atoms with Crippen molar-refractivity contribution in [3.05, 3.63) is 40.9 Å². The third kappa shape index (κ3) is 3.11. The van der Waals surface area contributed by atoms with Gasteiger partial charge in [0.05, 0.1) is 0 Å². The maximum absolute atomic E-state index is 12.5. The summed E-state index contributed by atoms with van der Waals surface area (Å²) in [5.74, 6) is 0.236. The van der Waals surface area contributed by atoms with Crippen molar-refractivity contribution in [2.45, 2.75) is 25.8 Å². The van der Waals surface area contributed by atoms with E-state index in [1.165, 1.54) is 0 Å². The van der Waals surface area contributed by atoms with E-state index in [1.807, 2.05) is 30.3 Å². The summed E-state index contributed by atoms with van der Waals surface area (Å²) in [5, 5.41) is 8.69. The van der Waals surface area contributed by atoms with Crippen molar-refractivity contribution in [2.75, 3.05) is 11.9 Å². The molecular formula is C17H19BrN2O. The van der Waals surface area contributed by atoms with Crippen LogP contribution >= 0.6 is 15.9 Å². The average molecular weight is 347 g/mol. The fourth-order valence-electron chi connectivity index (χ4n) is 2.98. The zero-order chi connectivity index (χ0) is 14.8. The van der Waals surface area contributed by atoms with Crippen molar-refractivity contribution >= 4 is 38.3 Å². The molecule has 3 nitrogen and oxygen atoms in total. The summed E-state index contributed by atoms with van der Waals surface area (Å²) in [6, 6.07) is 12.5. The smallest absolute Gasteiger partial charge is 0.227 e. The fraction of sp³-hybridized carbons (Fsp3) is 0.353. The summed E-state index contributed by atoms with van der Waals surface area (Å²) in [6.07, 6.45) is 1.81. The molecule has 1 aliphatic heterocycles. The number of anilines is 1. The van der Waals surface area contributed by atoms with E-state index in [4.69, 9.17) is 0 Å². The third-order valence-corrected chi connectivity index (χ3v) is 4.81. The second kappa shape index (κ2) is 6.16. The largest absolute Gasteiger partial charge is 0.325 e. The first-order valence-corrected chi connectivity index (χ1v) is 8.16. The summed E-state index contributed by atoms with van der Waals surface area (Å²) < 4.78 is 1.05. The van der Waals surface area contributed by atoms with Gasteiger partial charge >= 0.3 is 0 Å². The molecule has 3 rings (SSSR count). The quantitative estimate of drug-likeness (QED) is 0.864. The monoisotopic (exact) mass is 346 g/mol. The van der Waals surface area contributed by atoms with Crippen molar-refractivity contribution in [2.24, 2.45) is 5.92 Å². The van der Waals surface area contributed by atoms with Crippen LogP contribution in [0.3, 0.4) is 0 Å². The lowest BCUT2D eigenvalue weighted by atomic mass is 9.92. The Bertz CT molecular complexity index is 671. The van der Waals surface area contributed by atoms with Crippen molar-refractivity contribution in [1.29, 1.82) is 0 Å². The SMILES string of the molecule is CC1CC(C(=O)Nc2ccc(Br)c3ccccc23)CCN1. The number of piperidine rings is 1. The van der Waals surface area contributed by atoms with E-state index in [-0.39, 0.29) is 11.8 Å². The van der Waals surface area contributed by atoms with Gasteiger partial charge in [-0.15, -0.1) is 0 Å². The molecule has 1 saturated heterocycles. The van der Waals surface area contributed by atoms with E-state index in [0.717, 1.165) is 40.3 Å². The molecule has 0 saturated carbocycles. The molecule has 2 aromatic carbocycles. The van der Waals surface area contributed by atoms with E-state index < -0.39 is 0 Å². The normalized spacial score (nSPS) is 22.2. The molecule has 0 aromatic heterocycles. The summed E-state index contributed by atoms with van der Waals surface area (Å²) in [4.78, 5) is 12.5. The molecule has 1 aliphatic rings. The highest BCUT2D eigenvalue weighted by atomic mass is 79.9. The molecule has 0 spiro atoms. The molecule has 2 unspecified atom stereocenters. The van der Waals surface area contributed by atoms with E-state index in [0.29, 0.717) is 6.04 Å². The summed E-state index contributed by atoms with van der Waals surface area (Å²) in [5.41, 5.74) is 0.894. The molecule has 110 valence electrons. The molecule has 4 heteroatoms. The Morgan fingerprint density at radius 2 is 2.00 bits per heavy atom. The zero-order valence-electron chi connectivity index (χ0n) is 12.0. The van der Waals surface area contributed by atoms with Crippen LogP contribution < -0.4 is 10.6 Å². The topological polar surface area (TPSA) is 41.1 Å². The predicted octanol–water partition coefficient (Wildman–Crippen LogP) is 3.93. The Labute approximate surface area is 133 Å². The first kappa shape index (κ1) is 14.5. The van der Waals surface area contributed by atoms with Gasteiger partial charge in [0.15, 0.2) is 0 Å². The van der Waals surface area contributed by atoms with Gasteiger partial charge in [0, 0.05) is 27.5 Å². The van der Waals surface area contributed by atoms with Crippen LogP contribution in [0.4, 0.5) is 5.69 Å². The van der Waals surface area contributed by atoms with Crippen molar-refractivity contribution in [3.8, 4) is 0 Å². The number of halogens is 1. The van der Waals surface area contributed by atoms with Gasteiger partial charge in [0.2, 0.25) is 5.91 Å². The lowest BCUT2D eigenvalue weighted by Gasteiger charge is -2.27. The van der Waals surface area contributed by atoms with Crippen molar-refractivity contribution < 1.29 is 4.79 Å². The van der Waals surface area contributed by atoms with Gasteiger partial charge in [0.1, 0.15) is 0 Å². The number of amides is 1. The molecule has 1 amide bonds. The third-order valence-electron chi connectivity index (χ3n) is 4.12. The number of fused-ring (bicyclic) bond motifs is 1. The standard InChI is InChI=1S/C17H19BrN2O/c1-11-10-12(8-9-19-11)17(21)20-16-7-6-15(18)13-4-2-3-5-14(13)16/h2-7,11-12,19H,8-10H2,1H3,(H,20,21). The Kier molecular flexibility index (Phi) is 4.27. The number of hydrogen-bond donors (Lipinski definition) is 2. The number of benzene rings is 2. The molecule has 2 atom stereocenters. The number of rotatable bonds is 2. The van der Waals surface area contributed by atoms with Crippen LogP contribution in [-0.4, -0.2) is 18.5 Å². The van der Waals surface area contributed by atoms with Crippen molar-refractivity contribution in [1.82, 2.24) is 5.32 Å². The Morgan fingerprint density at radius 3 is 2.76 bits per heavy atom. The minimum absolute atomic E-state index is 0.101. The van der Waals surface area contributed by atoms with Gasteiger partial charge in [-0.3, -0.25) is 4.79 Å². The minimum atomic E-state index is 0.101. The Morgan fingerprint density at radius 1 is 1.24 bits per heavy atom. The highest BCUT2D eigenvalue weighted by Crippen LogP contribution is 2.30. The van der Waals surface area contributed by atoms with Crippen LogP contribution in [0.5, 0.6) is 0 Å². The first-order chi connectivity index (χ1) is 10.1. The fourth-order valence-corrected chi connectivity index (χ4v) is 3.45. The summed E-state index contributed by atoms with van der Waals surface area (Å²) in [7, 11) is 0. The molecule has 0 radical (unpaired) electrons. The van der Waals surface area contributed by atoms with Gasteiger partial charge in [0.25, 0.3) is 0 Å². The maximum atomic E-state index is 12.5. The maximum Gasteiger partial charge on any atom is 0.227 e. The molecular weight excluding hydrogens is 328 g/mol. The molecule has 2 N–H and O–H groups in total. The lowest BCUT2D eigenvalue weighted by molar-refractivity contribution is -0.120. The number of nitrogens with one attached hydrogen (secondary N) is 2. The summed E-state index contributed by atoms with van der Waals surface area (Å²) in [6.45, 7) is 3.05. The van der Waals surface area contributed by atoms with Crippen LogP contribution in [0.1, 0.15) is 19.8 Å². The lowest BCUT2D eigenvalue weighted by Crippen LogP contribution is -2.40. The predicted molar refractivity (Wildman–Crippen MR) is 90.5 cm³/mol. The molecule has 1 heterocycles. The zero-order valence-corrected chi connectivity index (χ0v) is 13.6. The molecule has 21 heavy (non-hydrogen) atoms. The van der Waals surface area contributed by atoms with Crippen LogP contribution in [0, 0.1) is 5.92 Å². The van der Waals surface area contributed by atoms with E-state index in [9.17, 15) is 4.79 Å².